The molecule has 0 heterocycles. The van der Waals surface area contributed by atoms with E-state index < -0.39 is 68.4 Å². The molecule has 0 unspecified atom stereocenters. The van der Waals surface area contributed by atoms with Gasteiger partial charge in [-0.2, -0.15) is 0 Å². The van der Waals surface area contributed by atoms with Crippen LogP contribution < -0.4 is 31.4 Å². The smallest absolute Gasteiger partial charge is 0.347 e. The minimum absolute atomic E-state index is 0. The minimum Gasteiger partial charge on any atom is -0.479 e. The number of anilines is 2. The Hall–Kier alpha value is -6.21. The van der Waals surface area contributed by atoms with Gasteiger partial charge >= 0.3 is 23.9 Å². The summed E-state index contributed by atoms with van der Waals surface area (Å²) < 4.78 is 15.3. The first-order valence-corrected chi connectivity index (χ1v) is 36.9. The Morgan fingerprint density at radius 1 is 0.478 bits per heavy atom. The average molecular weight is 1010 g/mol. The van der Waals surface area contributed by atoms with Crippen molar-refractivity contribution in [2.24, 2.45) is 0 Å². The molecular formula is C53H70N2O10Si4. The topological polar surface area (TPSA) is 174 Å². The lowest BCUT2D eigenvalue weighted by Crippen LogP contribution is -2.45. The lowest BCUT2D eigenvalue weighted by atomic mass is 10.1. The van der Waals surface area contributed by atoms with E-state index in [4.69, 9.17) is 19.3 Å². The predicted molar refractivity (Wildman–Crippen MR) is 289 cm³/mol. The standard InChI is InChI=1S/C30H37NO5Si2.C23H31NO5Si2.H2/c1-21(29(33)35-20-22-11-9-8-10-12-22)36-30(34)24-15-13-23(14-16-24)28(32)31-25-17-26(37(2,3)4)19-27(18-25)38(5,6)7;1-15(22(26)27)29-23(28)17-10-8-16(9-11-17)21(25)24-18-12-19(30(2,3)4)14-20(13-18)31(5,6)7;/h8-19,21H,20H2,1-7H3,(H,31,32);8-15H,1-7H3,(H,24,25)(H,26,27);1H/t21-;15-;/m00./s1. The predicted octanol–water partition coefficient (Wildman–Crippen LogP) is 9.22. The molecule has 0 radical (unpaired) electrons. The van der Waals surface area contributed by atoms with Crippen LogP contribution in [0.15, 0.2) is 115 Å². The minimum atomic E-state index is -1.58. The van der Waals surface area contributed by atoms with Gasteiger partial charge in [-0.15, -0.1) is 0 Å². The quantitative estimate of drug-likeness (QED) is 0.0491. The molecule has 0 aromatic heterocycles. The lowest BCUT2D eigenvalue weighted by Gasteiger charge is -2.24. The second-order valence-corrected chi connectivity index (χ2v) is 41.5. The molecule has 5 aromatic rings. The Morgan fingerprint density at radius 3 is 1.12 bits per heavy atom. The first-order chi connectivity index (χ1) is 31.9. The van der Waals surface area contributed by atoms with E-state index >= 15 is 0 Å². The molecule has 0 saturated carbocycles. The van der Waals surface area contributed by atoms with Crippen LogP contribution in [0.1, 0.15) is 62.3 Å². The Balaban J connectivity index is 0.000000373. The number of hydrogen-bond acceptors (Lipinski definition) is 9. The van der Waals surface area contributed by atoms with Crippen LogP contribution in [0.2, 0.25) is 78.6 Å². The normalized spacial score (nSPS) is 12.6. The Bertz CT molecular complexity index is 2590. The van der Waals surface area contributed by atoms with Gasteiger partial charge in [0, 0.05) is 23.9 Å². The van der Waals surface area contributed by atoms with Crippen LogP contribution in [0.5, 0.6) is 0 Å². The van der Waals surface area contributed by atoms with E-state index in [0.717, 1.165) is 16.9 Å². The first kappa shape index (κ1) is 55.4. The van der Waals surface area contributed by atoms with E-state index in [1.54, 1.807) is 12.1 Å². The number of rotatable bonds is 16. The molecule has 0 saturated heterocycles. The summed E-state index contributed by atoms with van der Waals surface area (Å²) >= 11 is 0. The van der Waals surface area contributed by atoms with Gasteiger partial charge in [-0.05, 0) is 92.2 Å². The van der Waals surface area contributed by atoms with E-state index in [-0.39, 0.29) is 31.0 Å². The van der Waals surface area contributed by atoms with E-state index in [0.29, 0.717) is 11.1 Å². The monoisotopic (exact) mass is 1010 g/mol. The van der Waals surface area contributed by atoms with Crippen LogP contribution in [-0.4, -0.2) is 85.3 Å². The summed E-state index contributed by atoms with van der Waals surface area (Å²) in [5.74, 6) is -3.78. The van der Waals surface area contributed by atoms with Crippen molar-refractivity contribution in [1.29, 1.82) is 0 Å². The highest BCUT2D eigenvalue weighted by atomic mass is 28.3. The van der Waals surface area contributed by atoms with Crippen molar-refractivity contribution in [1.82, 2.24) is 0 Å². The second-order valence-electron chi connectivity index (χ2n) is 21.2. The van der Waals surface area contributed by atoms with Crippen LogP contribution in [-0.2, 0) is 30.4 Å². The largest absolute Gasteiger partial charge is 0.479 e. The summed E-state index contributed by atoms with van der Waals surface area (Å²) in [6, 6.07) is 34.3. The number of amides is 2. The molecule has 5 rings (SSSR count). The van der Waals surface area contributed by atoms with Gasteiger partial charge in [0.2, 0.25) is 0 Å². The number of ether oxygens (including phenoxy) is 3. The maximum atomic E-state index is 13.0. The van der Waals surface area contributed by atoms with Crippen LogP contribution in [0.3, 0.4) is 0 Å². The number of carboxylic acids is 1. The van der Waals surface area contributed by atoms with Crippen LogP contribution in [0.25, 0.3) is 0 Å². The Labute approximate surface area is 412 Å². The molecule has 5 aromatic carbocycles. The Morgan fingerprint density at radius 2 is 0.797 bits per heavy atom. The highest BCUT2D eigenvalue weighted by Gasteiger charge is 2.26. The van der Waals surface area contributed by atoms with Gasteiger partial charge in [-0.25, -0.2) is 19.2 Å². The molecule has 0 aliphatic carbocycles. The second kappa shape index (κ2) is 22.9. The van der Waals surface area contributed by atoms with Gasteiger partial charge in [0.25, 0.3) is 11.8 Å². The molecule has 12 nitrogen and oxygen atoms in total. The van der Waals surface area contributed by atoms with Gasteiger partial charge in [-0.1, -0.05) is 142 Å². The highest BCUT2D eigenvalue weighted by molar-refractivity contribution is 6.92. The molecule has 16 heteroatoms. The van der Waals surface area contributed by atoms with Gasteiger partial charge in [-0.3, -0.25) is 9.59 Å². The maximum absolute atomic E-state index is 13.0. The van der Waals surface area contributed by atoms with Gasteiger partial charge in [0.15, 0.2) is 12.2 Å². The fourth-order valence-corrected chi connectivity index (χ4v) is 11.5. The molecule has 368 valence electrons. The molecule has 2 atom stereocenters. The zero-order chi connectivity index (χ0) is 51.6. The van der Waals surface area contributed by atoms with Crippen molar-refractivity contribution in [3.05, 3.63) is 143 Å². The molecule has 0 spiro atoms. The average Bonchev–Trinajstić information content (AvgIpc) is 3.27. The number of benzene rings is 5. The van der Waals surface area contributed by atoms with Crippen molar-refractivity contribution in [3.63, 3.8) is 0 Å². The van der Waals surface area contributed by atoms with E-state index in [9.17, 15) is 28.8 Å². The van der Waals surface area contributed by atoms with E-state index in [1.165, 1.54) is 71.0 Å². The third-order valence-corrected chi connectivity index (χ3v) is 19.2. The summed E-state index contributed by atoms with van der Waals surface area (Å²) in [6.45, 7) is 30.3. The lowest BCUT2D eigenvalue weighted by molar-refractivity contribution is -0.154. The maximum Gasteiger partial charge on any atom is 0.347 e. The van der Waals surface area contributed by atoms with Crippen LogP contribution in [0.4, 0.5) is 11.4 Å². The van der Waals surface area contributed by atoms with Gasteiger partial charge in [0.05, 0.1) is 43.4 Å². The fraction of sp³-hybridized carbons (Fsp3) is 0.321. The Kier molecular flexibility index (Phi) is 18.4. The fourth-order valence-electron chi connectivity index (χ4n) is 6.46. The molecule has 69 heavy (non-hydrogen) atoms. The van der Waals surface area contributed by atoms with Gasteiger partial charge < -0.3 is 30.0 Å². The van der Waals surface area contributed by atoms with Crippen molar-refractivity contribution in [2.45, 2.75) is 111 Å². The molecule has 0 bridgehead atoms. The number of aliphatic carboxylic acids is 1. The summed E-state index contributed by atoms with van der Waals surface area (Å²) in [5, 5.41) is 20.1. The molecule has 0 aliphatic rings. The van der Waals surface area contributed by atoms with Crippen molar-refractivity contribution >= 4 is 100 Å². The third-order valence-electron chi connectivity index (χ3n) is 11.1. The molecular weight excluding hydrogens is 937 g/mol. The van der Waals surface area contributed by atoms with Crippen molar-refractivity contribution in [3.8, 4) is 0 Å². The number of nitrogens with one attached hydrogen (secondary N) is 2. The summed E-state index contributed by atoms with van der Waals surface area (Å²) in [7, 11) is -6.30. The third kappa shape index (κ3) is 16.8. The summed E-state index contributed by atoms with van der Waals surface area (Å²) in [4.78, 5) is 73.4. The van der Waals surface area contributed by atoms with Crippen molar-refractivity contribution < 1.29 is 49.5 Å². The number of carbonyl (C=O) groups is 6. The zero-order valence-electron chi connectivity index (χ0n) is 42.5. The number of esters is 3. The highest BCUT2D eigenvalue weighted by Crippen LogP contribution is 2.17. The summed E-state index contributed by atoms with van der Waals surface area (Å²) in [5.41, 5.74) is 3.66. The first-order valence-electron chi connectivity index (χ1n) is 22.9. The van der Waals surface area contributed by atoms with Gasteiger partial charge in [0.1, 0.15) is 6.61 Å². The zero-order valence-corrected chi connectivity index (χ0v) is 46.5. The molecule has 2 amide bonds. The van der Waals surface area contributed by atoms with E-state index in [1.807, 2.05) is 30.3 Å². The van der Waals surface area contributed by atoms with Crippen LogP contribution >= 0.6 is 0 Å². The summed E-state index contributed by atoms with van der Waals surface area (Å²) in [6.07, 6.45) is -2.30. The molecule has 3 N–H and O–H groups in total. The van der Waals surface area contributed by atoms with E-state index in [2.05, 4.69) is 126 Å². The molecule has 0 fully saturated rings. The van der Waals surface area contributed by atoms with Crippen LogP contribution in [0, 0.1) is 0 Å². The number of carbonyl (C=O) groups excluding carboxylic acids is 5. The number of carboxylic acid groups (broad SMARTS) is 1. The number of hydrogen-bond donors (Lipinski definition) is 3. The van der Waals surface area contributed by atoms with Crippen molar-refractivity contribution in [2.75, 3.05) is 10.6 Å². The molecule has 0 aliphatic heterocycles. The SMILES string of the molecule is C[C@H](OC(=O)c1ccc(C(=O)Nc2cc([Si](C)(C)C)cc([Si](C)(C)C)c2)cc1)C(=O)O.C[C@H](OC(=O)c1ccc(C(=O)Nc2cc([Si](C)(C)C)cc([Si](C)(C)C)c2)cc1)C(=O)OCc1ccccc1.[HH].